The van der Waals surface area contributed by atoms with Crippen LogP contribution in [0.15, 0.2) is 22.7 Å². The van der Waals surface area contributed by atoms with Gasteiger partial charge in [-0.2, -0.15) is 0 Å². The van der Waals surface area contributed by atoms with Crippen molar-refractivity contribution in [3.63, 3.8) is 0 Å². The monoisotopic (exact) mass is 427 g/mol. The molecule has 0 saturated heterocycles. The fraction of sp³-hybridized carbons (Fsp3) is 0.471. The van der Waals surface area contributed by atoms with Gasteiger partial charge in [-0.3, -0.25) is 25.8 Å². The van der Waals surface area contributed by atoms with E-state index in [2.05, 4.69) is 32.1 Å². The standard InChI is InChI=1S/C17H22BrN3O3S/c1-2-24-14-9-8-12(10-13(14)18)15(22)19-17(25)21-20-16(23)11-6-4-3-5-7-11/h8-11H,2-7H2,1H3,(H,20,23)(H2,19,21,22,25). The Morgan fingerprint density at radius 2 is 1.96 bits per heavy atom. The molecular weight excluding hydrogens is 406 g/mol. The van der Waals surface area contributed by atoms with E-state index in [0.29, 0.717) is 22.4 Å². The summed E-state index contributed by atoms with van der Waals surface area (Å²) in [5, 5.41) is 2.59. The first-order valence-electron chi connectivity index (χ1n) is 8.34. The van der Waals surface area contributed by atoms with Gasteiger partial charge in [0.15, 0.2) is 5.11 Å². The number of nitrogens with one attached hydrogen (secondary N) is 3. The molecule has 2 rings (SSSR count). The summed E-state index contributed by atoms with van der Waals surface area (Å²) in [6.45, 7) is 2.43. The molecular formula is C17H22BrN3O3S. The Balaban J connectivity index is 1.82. The normalized spacial score (nSPS) is 14.5. The third kappa shape index (κ3) is 5.97. The van der Waals surface area contributed by atoms with Crippen molar-refractivity contribution in [2.75, 3.05) is 6.61 Å². The van der Waals surface area contributed by atoms with Gasteiger partial charge in [-0.25, -0.2) is 0 Å². The summed E-state index contributed by atoms with van der Waals surface area (Å²) in [6.07, 6.45) is 5.13. The maximum atomic E-state index is 12.2. The van der Waals surface area contributed by atoms with Crippen molar-refractivity contribution in [2.24, 2.45) is 5.92 Å². The molecule has 0 radical (unpaired) electrons. The molecule has 0 aromatic heterocycles. The molecule has 1 aliphatic carbocycles. The molecule has 1 saturated carbocycles. The number of benzene rings is 1. The third-order valence-electron chi connectivity index (χ3n) is 4.00. The first kappa shape index (κ1) is 19.7. The van der Waals surface area contributed by atoms with E-state index in [1.54, 1.807) is 18.2 Å². The number of halogens is 1. The summed E-state index contributed by atoms with van der Waals surface area (Å²) in [5.41, 5.74) is 5.59. The van der Waals surface area contributed by atoms with Gasteiger partial charge in [0.05, 0.1) is 11.1 Å². The zero-order valence-electron chi connectivity index (χ0n) is 14.1. The van der Waals surface area contributed by atoms with Crippen molar-refractivity contribution >= 4 is 45.1 Å². The van der Waals surface area contributed by atoms with Gasteiger partial charge < -0.3 is 4.74 Å². The van der Waals surface area contributed by atoms with Crippen LogP contribution in [0.3, 0.4) is 0 Å². The van der Waals surface area contributed by atoms with E-state index in [4.69, 9.17) is 17.0 Å². The minimum Gasteiger partial charge on any atom is -0.493 e. The maximum absolute atomic E-state index is 12.2. The van der Waals surface area contributed by atoms with Gasteiger partial charge in [0, 0.05) is 11.5 Å². The molecule has 8 heteroatoms. The lowest BCUT2D eigenvalue weighted by molar-refractivity contribution is -0.126. The summed E-state index contributed by atoms with van der Waals surface area (Å²) in [4.78, 5) is 24.2. The fourth-order valence-corrected chi connectivity index (χ4v) is 3.34. The number of carbonyl (C=O) groups excluding carboxylic acids is 2. The van der Waals surface area contributed by atoms with Crippen molar-refractivity contribution in [3.05, 3.63) is 28.2 Å². The largest absolute Gasteiger partial charge is 0.493 e. The molecule has 136 valence electrons. The average Bonchev–Trinajstić information content (AvgIpc) is 2.62. The predicted molar refractivity (Wildman–Crippen MR) is 103 cm³/mol. The molecule has 6 nitrogen and oxygen atoms in total. The lowest BCUT2D eigenvalue weighted by Gasteiger charge is -2.21. The van der Waals surface area contributed by atoms with E-state index in [1.165, 1.54) is 6.42 Å². The molecule has 0 heterocycles. The van der Waals surface area contributed by atoms with Crippen LogP contribution in [0.25, 0.3) is 0 Å². The predicted octanol–water partition coefficient (Wildman–Crippen LogP) is 3.06. The van der Waals surface area contributed by atoms with Crippen LogP contribution in [0.5, 0.6) is 5.75 Å². The van der Waals surface area contributed by atoms with Crippen LogP contribution in [-0.4, -0.2) is 23.5 Å². The molecule has 1 aromatic rings. The fourth-order valence-electron chi connectivity index (χ4n) is 2.71. The van der Waals surface area contributed by atoms with Crippen molar-refractivity contribution in [2.45, 2.75) is 39.0 Å². The second kappa shape index (κ2) is 9.72. The third-order valence-corrected chi connectivity index (χ3v) is 4.82. The number of thiocarbonyl (C=S) groups is 1. The van der Waals surface area contributed by atoms with Crippen molar-refractivity contribution in [1.82, 2.24) is 16.2 Å². The van der Waals surface area contributed by atoms with Gasteiger partial charge in [-0.1, -0.05) is 19.3 Å². The Bertz CT molecular complexity index is 648. The van der Waals surface area contributed by atoms with E-state index < -0.39 is 0 Å². The molecule has 0 bridgehead atoms. The lowest BCUT2D eigenvalue weighted by Crippen LogP contribution is -2.50. The number of hydrazine groups is 1. The van der Waals surface area contributed by atoms with Crippen LogP contribution in [-0.2, 0) is 4.79 Å². The van der Waals surface area contributed by atoms with Gasteiger partial charge in [0.1, 0.15) is 5.75 Å². The first-order chi connectivity index (χ1) is 12.0. The number of hydrogen-bond acceptors (Lipinski definition) is 4. The van der Waals surface area contributed by atoms with Crippen LogP contribution in [0.2, 0.25) is 0 Å². The van der Waals surface area contributed by atoms with Crippen LogP contribution in [0.4, 0.5) is 0 Å². The van der Waals surface area contributed by atoms with Gasteiger partial charge in [-0.05, 0) is 66.1 Å². The van der Waals surface area contributed by atoms with Gasteiger partial charge in [0.2, 0.25) is 5.91 Å². The van der Waals surface area contributed by atoms with Gasteiger partial charge in [0.25, 0.3) is 5.91 Å². The first-order valence-corrected chi connectivity index (χ1v) is 9.55. The summed E-state index contributed by atoms with van der Waals surface area (Å²) >= 11 is 8.42. The van der Waals surface area contributed by atoms with E-state index in [0.717, 1.165) is 25.7 Å². The molecule has 1 fully saturated rings. The SMILES string of the molecule is CCOc1ccc(C(=O)NC(=S)NNC(=O)C2CCCCC2)cc1Br. The second-order valence-electron chi connectivity index (χ2n) is 5.81. The van der Waals surface area contributed by atoms with Crippen LogP contribution < -0.4 is 20.9 Å². The van der Waals surface area contributed by atoms with Gasteiger partial charge >= 0.3 is 0 Å². The number of carbonyl (C=O) groups is 2. The van der Waals surface area contributed by atoms with Crippen LogP contribution in [0, 0.1) is 5.92 Å². The number of rotatable bonds is 4. The smallest absolute Gasteiger partial charge is 0.257 e. The number of ether oxygens (including phenoxy) is 1. The van der Waals surface area contributed by atoms with E-state index in [-0.39, 0.29) is 22.8 Å². The molecule has 0 unspecified atom stereocenters. The highest BCUT2D eigenvalue weighted by atomic mass is 79.9. The molecule has 3 N–H and O–H groups in total. The Hall–Kier alpha value is -1.67. The zero-order valence-corrected chi connectivity index (χ0v) is 16.5. The van der Waals surface area contributed by atoms with Crippen LogP contribution in [0.1, 0.15) is 49.4 Å². The molecule has 25 heavy (non-hydrogen) atoms. The maximum Gasteiger partial charge on any atom is 0.257 e. The highest BCUT2D eigenvalue weighted by Gasteiger charge is 2.21. The Morgan fingerprint density at radius 1 is 1.24 bits per heavy atom. The molecule has 0 spiro atoms. The summed E-state index contributed by atoms with van der Waals surface area (Å²) in [5.74, 6) is 0.231. The number of hydrogen-bond donors (Lipinski definition) is 3. The van der Waals surface area contributed by atoms with E-state index in [9.17, 15) is 9.59 Å². The molecule has 0 aliphatic heterocycles. The minimum atomic E-state index is -0.367. The average molecular weight is 428 g/mol. The Kier molecular flexibility index (Phi) is 7.64. The van der Waals surface area contributed by atoms with Gasteiger partial charge in [-0.15, -0.1) is 0 Å². The van der Waals surface area contributed by atoms with Crippen LogP contribution >= 0.6 is 28.1 Å². The highest BCUT2D eigenvalue weighted by molar-refractivity contribution is 9.10. The minimum absolute atomic E-state index is 0.0156. The second-order valence-corrected chi connectivity index (χ2v) is 7.07. The Morgan fingerprint density at radius 3 is 2.60 bits per heavy atom. The molecule has 1 aromatic carbocycles. The number of amides is 2. The summed E-state index contributed by atoms with van der Waals surface area (Å²) < 4.78 is 6.10. The summed E-state index contributed by atoms with van der Waals surface area (Å²) in [6, 6.07) is 5.02. The van der Waals surface area contributed by atoms with E-state index in [1.807, 2.05) is 6.92 Å². The molecule has 1 aliphatic rings. The van der Waals surface area contributed by atoms with Crippen molar-refractivity contribution < 1.29 is 14.3 Å². The van der Waals surface area contributed by atoms with Crippen molar-refractivity contribution in [3.8, 4) is 5.75 Å². The quantitative estimate of drug-likeness (QED) is 0.508. The Labute approximate surface area is 161 Å². The topological polar surface area (TPSA) is 79.5 Å². The molecule has 0 atom stereocenters. The molecule has 2 amide bonds. The summed E-state index contributed by atoms with van der Waals surface area (Å²) in [7, 11) is 0. The lowest BCUT2D eigenvalue weighted by atomic mass is 9.89. The highest BCUT2D eigenvalue weighted by Crippen LogP contribution is 2.26. The zero-order chi connectivity index (χ0) is 18.2. The van der Waals surface area contributed by atoms with E-state index >= 15 is 0 Å². The van der Waals surface area contributed by atoms with Crippen molar-refractivity contribution in [1.29, 1.82) is 0 Å².